The van der Waals surface area contributed by atoms with Crippen LogP contribution in [0.1, 0.15) is 26.2 Å². The topological polar surface area (TPSA) is 310 Å². The molecule has 0 aromatic heterocycles. The number of hydrogen-bond donors (Lipinski definition) is 9. The normalized spacial score (nSPS) is 20.5. The van der Waals surface area contributed by atoms with E-state index in [-0.39, 0.29) is 31.8 Å². The van der Waals surface area contributed by atoms with E-state index in [1.807, 2.05) is 0 Å². The molecule has 0 aromatic carbocycles. The number of carbonyl (C=O) groups is 6. The fourth-order valence-corrected chi connectivity index (χ4v) is 2.36. The third-order valence-corrected chi connectivity index (χ3v) is 4.14. The summed E-state index contributed by atoms with van der Waals surface area (Å²) < 4.78 is 8.98. The third-order valence-electron chi connectivity index (χ3n) is 4.14. The highest BCUT2D eigenvalue weighted by Gasteiger charge is 2.31. The first-order chi connectivity index (χ1) is 16.8. The summed E-state index contributed by atoms with van der Waals surface area (Å²) in [5, 5.41) is 30.2. The molecule has 2 aliphatic heterocycles. The second kappa shape index (κ2) is 20.0. The monoisotopic (exact) mass is 524 g/mol. The molecule has 17 heteroatoms. The van der Waals surface area contributed by atoms with Crippen molar-refractivity contribution in [2.45, 2.75) is 50.4 Å². The van der Waals surface area contributed by atoms with E-state index in [4.69, 9.17) is 37.3 Å². The highest BCUT2D eigenvalue weighted by Crippen LogP contribution is 2.11. The van der Waals surface area contributed by atoms with Crippen molar-refractivity contribution in [2.75, 3.05) is 32.7 Å². The van der Waals surface area contributed by atoms with Crippen molar-refractivity contribution < 1.29 is 53.6 Å². The zero-order chi connectivity index (χ0) is 28.3. The van der Waals surface area contributed by atoms with Crippen LogP contribution in [0.5, 0.6) is 0 Å². The molecule has 0 radical (unpaired) electrons. The zero-order valence-electron chi connectivity index (χ0n) is 19.9. The summed E-state index contributed by atoms with van der Waals surface area (Å²) in [5.41, 5.74) is 19.5. The SMILES string of the molecule is C[C@H](N)C(=O)OC1CN[C@H](C(=O)O)C1.NCC(=O)O.NCC(=O)OC(=O)CN.O=C(O)[C@@H]1CCCN1. The van der Waals surface area contributed by atoms with Gasteiger partial charge >= 0.3 is 35.8 Å². The highest BCUT2D eigenvalue weighted by molar-refractivity contribution is 5.87. The number of aliphatic carboxylic acids is 3. The second-order valence-corrected chi connectivity index (χ2v) is 7.22. The van der Waals surface area contributed by atoms with Crippen LogP contribution in [0.15, 0.2) is 0 Å². The minimum atomic E-state index is -0.968. The number of nitrogens with one attached hydrogen (secondary N) is 2. The molecular weight excluding hydrogens is 488 g/mol. The van der Waals surface area contributed by atoms with Gasteiger partial charge in [-0.1, -0.05) is 0 Å². The number of carboxylic acids is 3. The van der Waals surface area contributed by atoms with Crippen molar-refractivity contribution in [1.82, 2.24) is 10.6 Å². The van der Waals surface area contributed by atoms with Crippen LogP contribution in [0.3, 0.4) is 0 Å². The minimum absolute atomic E-state index is 0.269. The Hall–Kier alpha value is -3.22. The largest absolute Gasteiger partial charge is 0.480 e. The number of carbonyl (C=O) groups excluding carboxylic acids is 3. The van der Waals surface area contributed by atoms with Crippen molar-refractivity contribution in [3.63, 3.8) is 0 Å². The Morgan fingerprint density at radius 3 is 1.67 bits per heavy atom. The van der Waals surface area contributed by atoms with Crippen LogP contribution in [0.4, 0.5) is 0 Å². The molecule has 36 heavy (non-hydrogen) atoms. The highest BCUT2D eigenvalue weighted by atomic mass is 16.6. The van der Waals surface area contributed by atoms with Gasteiger partial charge in [0.1, 0.15) is 24.2 Å². The molecule has 2 rings (SSSR count). The summed E-state index contributed by atoms with van der Waals surface area (Å²) in [6, 6.07) is -1.56. The van der Waals surface area contributed by atoms with Gasteiger partial charge in [0.2, 0.25) is 0 Å². The molecule has 208 valence electrons. The number of esters is 3. The number of ether oxygens (including phenoxy) is 2. The summed E-state index contributed by atoms with van der Waals surface area (Å²) in [7, 11) is 0. The maximum atomic E-state index is 11.1. The van der Waals surface area contributed by atoms with Crippen LogP contribution < -0.4 is 33.6 Å². The van der Waals surface area contributed by atoms with Gasteiger partial charge in [-0.2, -0.15) is 0 Å². The van der Waals surface area contributed by atoms with Gasteiger partial charge in [-0.25, -0.2) is 0 Å². The van der Waals surface area contributed by atoms with E-state index in [9.17, 15) is 28.8 Å². The van der Waals surface area contributed by atoms with Crippen LogP contribution in [0.2, 0.25) is 0 Å². The van der Waals surface area contributed by atoms with Crippen LogP contribution in [-0.2, 0) is 38.2 Å². The Morgan fingerprint density at radius 2 is 1.39 bits per heavy atom. The first kappa shape index (κ1) is 34.9. The fourth-order valence-electron chi connectivity index (χ4n) is 2.36. The zero-order valence-corrected chi connectivity index (χ0v) is 19.9. The fraction of sp³-hybridized carbons (Fsp3) is 0.684. The molecule has 1 unspecified atom stereocenters. The molecule has 0 spiro atoms. The Morgan fingerprint density at radius 1 is 0.889 bits per heavy atom. The number of rotatable bonds is 7. The number of nitrogens with two attached hydrogens (primary N) is 4. The molecule has 2 fully saturated rings. The maximum Gasteiger partial charge on any atom is 0.327 e. The maximum absolute atomic E-state index is 11.1. The lowest BCUT2D eigenvalue weighted by molar-refractivity contribution is -0.157. The van der Waals surface area contributed by atoms with Crippen molar-refractivity contribution in [3.05, 3.63) is 0 Å². The van der Waals surface area contributed by atoms with Gasteiger partial charge in [0, 0.05) is 13.0 Å². The average Bonchev–Trinajstić information content (AvgIpc) is 3.52. The molecule has 0 aliphatic carbocycles. The molecule has 0 bridgehead atoms. The summed E-state index contributed by atoms with van der Waals surface area (Å²) in [6.45, 7) is 1.88. The quantitative estimate of drug-likeness (QED) is 0.112. The van der Waals surface area contributed by atoms with Crippen LogP contribution in [0.25, 0.3) is 0 Å². The van der Waals surface area contributed by atoms with Gasteiger partial charge in [0.05, 0.1) is 19.6 Å². The Bertz CT molecular complexity index is 715. The molecule has 2 heterocycles. The molecule has 13 N–H and O–H groups in total. The smallest absolute Gasteiger partial charge is 0.327 e. The summed E-state index contributed by atoms with van der Waals surface area (Å²) in [6.07, 6.45) is 1.70. The van der Waals surface area contributed by atoms with Crippen molar-refractivity contribution in [2.24, 2.45) is 22.9 Å². The van der Waals surface area contributed by atoms with E-state index >= 15 is 0 Å². The molecule has 0 aromatic rings. The van der Waals surface area contributed by atoms with E-state index in [1.54, 1.807) is 0 Å². The molecule has 4 atom stereocenters. The van der Waals surface area contributed by atoms with Gasteiger partial charge in [0.15, 0.2) is 0 Å². The summed E-state index contributed by atoms with van der Waals surface area (Å²) >= 11 is 0. The first-order valence-corrected chi connectivity index (χ1v) is 10.7. The first-order valence-electron chi connectivity index (χ1n) is 10.7. The Balaban J connectivity index is 0. The van der Waals surface area contributed by atoms with E-state index in [0.29, 0.717) is 13.0 Å². The minimum Gasteiger partial charge on any atom is -0.480 e. The molecule has 0 saturated carbocycles. The van der Waals surface area contributed by atoms with E-state index in [2.05, 4.69) is 21.1 Å². The molecule has 17 nitrogen and oxygen atoms in total. The number of hydrogen-bond acceptors (Lipinski definition) is 14. The Labute approximate surface area is 206 Å². The Kier molecular flexibility index (Phi) is 19.4. The lowest BCUT2D eigenvalue weighted by Crippen LogP contribution is -2.32. The number of carboxylic acid groups (broad SMARTS) is 3. The third kappa shape index (κ3) is 18.2. The van der Waals surface area contributed by atoms with Gasteiger partial charge in [0.25, 0.3) is 0 Å². The van der Waals surface area contributed by atoms with Crippen molar-refractivity contribution in [1.29, 1.82) is 0 Å². The molecule has 2 saturated heterocycles. The summed E-state index contributed by atoms with van der Waals surface area (Å²) in [4.78, 5) is 61.3. The van der Waals surface area contributed by atoms with Crippen LogP contribution in [0, 0.1) is 0 Å². The second-order valence-electron chi connectivity index (χ2n) is 7.22. The molecule has 0 amide bonds. The molecule has 2 aliphatic rings. The lowest BCUT2D eigenvalue weighted by Gasteiger charge is -2.12. The van der Waals surface area contributed by atoms with Gasteiger partial charge in [-0.15, -0.1) is 0 Å². The van der Waals surface area contributed by atoms with E-state index in [1.165, 1.54) is 6.92 Å². The average molecular weight is 525 g/mol. The van der Waals surface area contributed by atoms with E-state index in [0.717, 1.165) is 19.4 Å². The lowest BCUT2D eigenvalue weighted by atomic mass is 10.2. The van der Waals surface area contributed by atoms with Gasteiger partial charge < -0.3 is 58.4 Å². The van der Waals surface area contributed by atoms with Gasteiger partial charge in [-0.3, -0.25) is 28.8 Å². The van der Waals surface area contributed by atoms with Crippen molar-refractivity contribution in [3.8, 4) is 0 Å². The van der Waals surface area contributed by atoms with Gasteiger partial charge in [-0.05, 0) is 26.3 Å². The van der Waals surface area contributed by atoms with E-state index < -0.39 is 47.9 Å². The van der Waals surface area contributed by atoms with Crippen molar-refractivity contribution >= 4 is 35.8 Å². The molecular formula is C19H36N6O11. The van der Waals surface area contributed by atoms with Crippen LogP contribution >= 0.6 is 0 Å². The predicted molar refractivity (Wildman–Crippen MR) is 122 cm³/mol. The van der Waals surface area contributed by atoms with Crippen LogP contribution in [-0.4, -0.2) is 108 Å². The standard InChI is InChI=1S/C8H14N2O4.C5H9NO2.C4H8N2O3.C2H5NO2/c1-4(9)8(13)14-5-2-6(7(11)12)10-3-5;7-5(8)4-2-1-3-6-4;5-1-3(7)9-4(8)2-6;3-1-2(4)5/h4-6,10H,2-3,9H2,1H3,(H,11,12);4,6H,1-3H2,(H,7,8);1-2,5-6H2;1,3H2,(H,4,5)/t4-,5?,6-;4-;;/m00../s1. The predicted octanol–water partition coefficient (Wildman–Crippen LogP) is -4.48. The summed E-state index contributed by atoms with van der Waals surface area (Å²) in [5.74, 6) is -4.63.